The first-order valence-electron chi connectivity index (χ1n) is 8.01. The van der Waals surface area contributed by atoms with E-state index in [9.17, 15) is 13.2 Å². The zero-order chi connectivity index (χ0) is 17.1. The molecule has 5 nitrogen and oxygen atoms in total. The maximum absolute atomic E-state index is 12.6. The average Bonchev–Trinajstić information content (AvgIpc) is 2.52. The molecule has 136 valence electrons. The molecule has 0 saturated carbocycles. The van der Waals surface area contributed by atoms with Gasteiger partial charge in [-0.15, -0.1) is 12.4 Å². The Morgan fingerprint density at radius 1 is 1.25 bits per heavy atom. The molecule has 0 aliphatic carbocycles. The van der Waals surface area contributed by atoms with Crippen molar-refractivity contribution in [3.05, 3.63) is 35.4 Å². The summed E-state index contributed by atoms with van der Waals surface area (Å²) in [6.07, 6.45) is 1.83. The van der Waals surface area contributed by atoms with Gasteiger partial charge >= 0.3 is 0 Å². The predicted molar refractivity (Wildman–Crippen MR) is 99.5 cm³/mol. The Balaban J connectivity index is 0.00000288. The standard InChI is InChI=1S/C17H26N2O3S.ClH/c1-13-4-6-15(7-5-13)14(2)12-19-16(20)17(23(3,21)22)8-10-18-11-9-17;/h4-7,14,18H,8-12H2,1-3H3,(H,19,20);1H. The number of carbonyl (C=O) groups excluding carboxylic acids is 1. The van der Waals surface area contributed by atoms with Crippen molar-refractivity contribution >= 4 is 28.2 Å². The normalized spacial score (nSPS) is 18.3. The third-order valence-corrected chi connectivity index (χ3v) is 6.76. The quantitative estimate of drug-likeness (QED) is 0.824. The lowest BCUT2D eigenvalue weighted by atomic mass is 9.95. The molecule has 1 saturated heterocycles. The van der Waals surface area contributed by atoms with Crippen molar-refractivity contribution in [2.24, 2.45) is 0 Å². The molecule has 1 atom stereocenters. The zero-order valence-electron chi connectivity index (χ0n) is 14.5. The van der Waals surface area contributed by atoms with E-state index in [2.05, 4.69) is 10.6 Å². The van der Waals surface area contributed by atoms with E-state index in [1.54, 1.807) is 0 Å². The summed E-state index contributed by atoms with van der Waals surface area (Å²) in [4.78, 5) is 12.6. The second-order valence-electron chi connectivity index (χ2n) is 6.54. The first-order chi connectivity index (χ1) is 10.8. The summed E-state index contributed by atoms with van der Waals surface area (Å²) in [7, 11) is -3.46. The van der Waals surface area contributed by atoms with Crippen LogP contribution in [0.25, 0.3) is 0 Å². The SMILES string of the molecule is Cc1ccc(C(C)CNC(=O)C2(S(C)(=O)=O)CCNCC2)cc1.Cl. The van der Waals surface area contributed by atoms with Crippen molar-refractivity contribution in [1.82, 2.24) is 10.6 Å². The first-order valence-corrected chi connectivity index (χ1v) is 9.90. The highest BCUT2D eigenvalue weighted by molar-refractivity contribution is 7.92. The number of halogens is 1. The third-order valence-electron chi connectivity index (χ3n) is 4.75. The number of hydrogen-bond acceptors (Lipinski definition) is 4. The molecule has 0 bridgehead atoms. The van der Waals surface area contributed by atoms with E-state index in [4.69, 9.17) is 0 Å². The van der Waals surface area contributed by atoms with Gasteiger partial charge in [-0.05, 0) is 44.3 Å². The van der Waals surface area contributed by atoms with Gasteiger partial charge in [0.25, 0.3) is 0 Å². The monoisotopic (exact) mass is 374 g/mol. The van der Waals surface area contributed by atoms with Crippen LogP contribution in [0.3, 0.4) is 0 Å². The number of hydrogen-bond donors (Lipinski definition) is 2. The number of rotatable bonds is 5. The van der Waals surface area contributed by atoms with Crippen molar-refractivity contribution in [2.45, 2.75) is 37.4 Å². The highest BCUT2D eigenvalue weighted by Gasteiger charge is 2.48. The van der Waals surface area contributed by atoms with Gasteiger partial charge in [-0.2, -0.15) is 0 Å². The smallest absolute Gasteiger partial charge is 0.241 e. The summed E-state index contributed by atoms with van der Waals surface area (Å²) in [5.41, 5.74) is 2.32. The Kier molecular flexibility index (Phi) is 7.25. The van der Waals surface area contributed by atoms with E-state index in [0.29, 0.717) is 32.5 Å². The summed E-state index contributed by atoms with van der Waals surface area (Å²) in [5.74, 6) is -0.224. The Hall–Kier alpha value is -1.11. The zero-order valence-corrected chi connectivity index (χ0v) is 16.1. The number of amides is 1. The van der Waals surface area contributed by atoms with Crippen molar-refractivity contribution in [3.8, 4) is 0 Å². The maximum Gasteiger partial charge on any atom is 0.241 e. The van der Waals surface area contributed by atoms with Crippen LogP contribution in [0.5, 0.6) is 0 Å². The van der Waals surface area contributed by atoms with Crippen molar-refractivity contribution in [2.75, 3.05) is 25.9 Å². The number of benzene rings is 1. The van der Waals surface area contributed by atoms with Crippen LogP contribution in [0.4, 0.5) is 0 Å². The fourth-order valence-corrected chi connectivity index (χ4v) is 4.37. The van der Waals surface area contributed by atoms with Gasteiger partial charge in [0.1, 0.15) is 0 Å². The van der Waals surface area contributed by atoms with Gasteiger partial charge < -0.3 is 10.6 Å². The summed E-state index contributed by atoms with van der Waals surface area (Å²) in [6, 6.07) is 8.17. The number of piperidine rings is 1. The molecule has 1 amide bonds. The molecule has 1 fully saturated rings. The number of carbonyl (C=O) groups is 1. The lowest BCUT2D eigenvalue weighted by Gasteiger charge is -2.34. The third kappa shape index (κ3) is 4.49. The molecule has 1 aliphatic rings. The van der Waals surface area contributed by atoms with Crippen molar-refractivity contribution < 1.29 is 13.2 Å². The Bertz CT molecular complexity index is 653. The molecule has 7 heteroatoms. The summed E-state index contributed by atoms with van der Waals surface area (Å²) < 4.78 is 23.1. The molecule has 0 spiro atoms. The fourth-order valence-electron chi connectivity index (χ4n) is 3.02. The van der Waals surface area contributed by atoms with Gasteiger partial charge in [0.15, 0.2) is 14.6 Å². The number of nitrogens with one attached hydrogen (secondary N) is 2. The minimum Gasteiger partial charge on any atom is -0.354 e. The van der Waals surface area contributed by atoms with Crippen LogP contribution < -0.4 is 10.6 Å². The Morgan fingerprint density at radius 3 is 2.29 bits per heavy atom. The van der Waals surface area contributed by atoms with Crippen molar-refractivity contribution in [1.29, 1.82) is 0 Å². The van der Waals surface area contributed by atoms with Crippen LogP contribution in [0.1, 0.15) is 36.8 Å². The van der Waals surface area contributed by atoms with Gasteiger partial charge in [0.05, 0.1) is 0 Å². The van der Waals surface area contributed by atoms with Gasteiger partial charge in [0, 0.05) is 12.8 Å². The molecule has 1 unspecified atom stereocenters. The van der Waals surface area contributed by atoms with E-state index < -0.39 is 14.6 Å². The molecule has 0 radical (unpaired) electrons. The number of aryl methyl sites for hydroxylation is 1. The lowest BCUT2D eigenvalue weighted by Crippen LogP contribution is -2.57. The molecule has 0 aromatic heterocycles. The molecule has 1 aromatic rings. The number of sulfone groups is 1. The van der Waals surface area contributed by atoms with E-state index >= 15 is 0 Å². The molecular weight excluding hydrogens is 348 g/mol. The van der Waals surface area contributed by atoms with Crippen molar-refractivity contribution in [3.63, 3.8) is 0 Å². The van der Waals surface area contributed by atoms with Crippen LogP contribution in [0.2, 0.25) is 0 Å². The highest BCUT2D eigenvalue weighted by atomic mass is 35.5. The van der Waals surface area contributed by atoms with Crippen LogP contribution >= 0.6 is 12.4 Å². The largest absolute Gasteiger partial charge is 0.354 e. The minimum atomic E-state index is -3.46. The first kappa shape index (κ1) is 20.9. The van der Waals surface area contributed by atoms with E-state index in [1.165, 1.54) is 11.8 Å². The average molecular weight is 375 g/mol. The molecule has 24 heavy (non-hydrogen) atoms. The summed E-state index contributed by atoms with van der Waals surface area (Å²) in [6.45, 7) is 5.60. The second-order valence-corrected chi connectivity index (χ2v) is 8.86. The van der Waals surface area contributed by atoms with E-state index in [1.807, 2.05) is 38.1 Å². The molecule has 1 aliphatic heterocycles. The summed E-state index contributed by atoms with van der Waals surface area (Å²) in [5, 5.41) is 5.98. The molecule has 1 aromatic carbocycles. The second kappa shape index (κ2) is 8.32. The predicted octanol–water partition coefficient (Wildman–Crippen LogP) is 1.80. The highest BCUT2D eigenvalue weighted by Crippen LogP contribution is 2.28. The van der Waals surface area contributed by atoms with Gasteiger partial charge in [-0.1, -0.05) is 36.8 Å². The minimum absolute atomic E-state index is 0. The Labute approximate surface area is 150 Å². The van der Waals surface area contributed by atoms with Crippen LogP contribution in [0.15, 0.2) is 24.3 Å². The van der Waals surface area contributed by atoms with Gasteiger partial charge in [0.2, 0.25) is 5.91 Å². The molecule has 1 heterocycles. The Morgan fingerprint density at radius 2 is 1.79 bits per heavy atom. The fraction of sp³-hybridized carbons (Fsp3) is 0.588. The van der Waals surface area contributed by atoms with Gasteiger partial charge in [-0.25, -0.2) is 8.42 Å². The van der Waals surface area contributed by atoms with Gasteiger partial charge in [-0.3, -0.25) is 4.79 Å². The van der Waals surface area contributed by atoms with Crippen LogP contribution in [-0.4, -0.2) is 45.0 Å². The summed E-state index contributed by atoms with van der Waals surface area (Å²) >= 11 is 0. The topological polar surface area (TPSA) is 75.3 Å². The molecular formula is C17H27ClN2O3S. The van der Waals surface area contributed by atoms with Crippen LogP contribution in [-0.2, 0) is 14.6 Å². The molecule has 2 rings (SSSR count). The van der Waals surface area contributed by atoms with E-state index in [-0.39, 0.29) is 24.2 Å². The van der Waals surface area contributed by atoms with E-state index in [0.717, 1.165) is 5.56 Å². The maximum atomic E-state index is 12.6. The molecule has 2 N–H and O–H groups in total. The lowest BCUT2D eigenvalue weighted by molar-refractivity contribution is -0.124. The van der Waals surface area contributed by atoms with Crippen LogP contribution in [0, 0.1) is 6.92 Å².